The molecule has 0 fully saturated rings. The molecule has 0 amide bonds. The van der Waals surface area contributed by atoms with Gasteiger partial charge in [-0.1, -0.05) is 0 Å². The molecule has 70 valence electrons. The predicted octanol–water partition coefficient (Wildman–Crippen LogP) is 0.117. The molecule has 0 aliphatic carbocycles. The second-order valence-corrected chi connectivity index (χ2v) is 2.61. The number of ether oxygens (including phenoxy) is 1. The molecular formula is C8H15NO3. The lowest BCUT2D eigenvalue weighted by molar-refractivity contribution is -0.143. The third-order valence-corrected chi connectivity index (χ3v) is 1.62. The first-order chi connectivity index (χ1) is 5.61. The highest BCUT2D eigenvalue weighted by Crippen LogP contribution is 1.99. The monoisotopic (exact) mass is 173 g/mol. The SMILES string of the molecule is CNC(CCC(C)=O)C(=O)OC. The van der Waals surface area contributed by atoms with Crippen LogP contribution in [0.2, 0.25) is 0 Å². The molecule has 0 bridgehead atoms. The highest BCUT2D eigenvalue weighted by atomic mass is 16.5. The Balaban J connectivity index is 3.83. The second kappa shape index (κ2) is 5.71. The van der Waals surface area contributed by atoms with Crippen LogP contribution in [0.15, 0.2) is 0 Å². The van der Waals surface area contributed by atoms with Crippen molar-refractivity contribution in [2.24, 2.45) is 0 Å². The van der Waals surface area contributed by atoms with Gasteiger partial charge in [0.25, 0.3) is 0 Å². The molecule has 1 atom stereocenters. The van der Waals surface area contributed by atoms with Crippen molar-refractivity contribution in [3.05, 3.63) is 0 Å². The molecule has 12 heavy (non-hydrogen) atoms. The minimum atomic E-state index is -0.362. The van der Waals surface area contributed by atoms with E-state index in [1.807, 2.05) is 0 Å². The van der Waals surface area contributed by atoms with Crippen LogP contribution >= 0.6 is 0 Å². The van der Waals surface area contributed by atoms with Crippen molar-refractivity contribution in [3.8, 4) is 0 Å². The summed E-state index contributed by atoms with van der Waals surface area (Å²) < 4.78 is 4.52. The molecule has 0 radical (unpaired) electrons. The molecule has 0 aromatic rings. The first-order valence-electron chi connectivity index (χ1n) is 3.86. The number of hydrogen-bond acceptors (Lipinski definition) is 4. The number of esters is 1. The number of carbonyl (C=O) groups excluding carboxylic acids is 2. The van der Waals surface area contributed by atoms with E-state index in [9.17, 15) is 9.59 Å². The van der Waals surface area contributed by atoms with E-state index in [0.29, 0.717) is 12.8 Å². The number of methoxy groups -OCH3 is 1. The molecule has 0 aromatic carbocycles. The molecule has 1 unspecified atom stereocenters. The maximum atomic E-state index is 11.0. The summed E-state index contributed by atoms with van der Waals surface area (Å²) in [6, 6.07) is -0.362. The zero-order valence-corrected chi connectivity index (χ0v) is 7.72. The van der Waals surface area contributed by atoms with Crippen LogP contribution in [0.1, 0.15) is 19.8 Å². The summed E-state index contributed by atoms with van der Waals surface area (Å²) in [5.41, 5.74) is 0. The van der Waals surface area contributed by atoms with Crippen molar-refractivity contribution < 1.29 is 14.3 Å². The zero-order valence-electron chi connectivity index (χ0n) is 7.72. The molecule has 0 saturated carbocycles. The quantitative estimate of drug-likeness (QED) is 0.600. The lowest BCUT2D eigenvalue weighted by Gasteiger charge is -2.11. The van der Waals surface area contributed by atoms with Gasteiger partial charge in [-0.25, -0.2) is 0 Å². The lowest BCUT2D eigenvalue weighted by atomic mass is 10.1. The largest absolute Gasteiger partial charge is 0.468 e. The number of carbonyl (C=O) groups is 2. The van der Waals surface area contributed by atoms with E-state index >= 15 is 0 Å². The Labute approximate surface area is 72.3 Å². The fraction of sp³-hybridized carbons (Fsp3) is 0.750. The van der Waals surface area contributed by atoms with E-state index in [2.05, 4.69) is 10.1 Å². The van der Waals surface area contributed by atoms with Gasteiger partial charge in [0.15, 0.2) is 0 Å². The van der Waals surface area contributed by atoms with Crippen LogP contribution < -0.4 is 5.32 Å². The van der Waals surface area contributed by atoms with Gasteiger partial charge in [0.1, 0.15) is 11.8 Å². The molecule has 0 aliphatic rings. The van der Waals surface area contributed by atoms with Crippen LogP contribution in [-0.2, 0) is 14.3 Å². The maximum absolute atomic E-state index is 11.0. The predicted molar refractivity (Wildman–Crippen MR) is 44.8 cm³/mol. The van der Waals surface area contributed by atoms with Crippen LogP contribution in [0, 0.1) is 0 Å². The standard InChI is InChI=1S/C8H15NO3/c1-6(10)4-5-7(9-2)8(11)12-3/h7,9H,4-5H2,1-3H3. The normalized spacial score (nSPS) is 12.2. The van der Waals surface area contributed by atoms with E-state index in [1.54, 1.807) is 7.05 Å². The topological polar surface area (TPSA) is 55.4 Å². The first-order valence-corrected chi connectivity index (χ1v) is 3.86. The number of nitrogens with one attached hydrogen (secondary N) is 1. The summed E-state index contributed by atoms with van der Waals surface area (Å²) in [7, 11) is 3.00. The average molecular weight is 173 g/mol. The van der Waals surface area contributed by atoms with Crippen molar-refractivity contribution in [3.63, 3.8) is 0 Å². The third kappa shape index (κ3) is 4.08. The van der Waals surface area contributed by atoms with Crippen molar-refractivity contribution in [2.75, 3.05) is 14.2 Å². The number of likely N-dealkylation sites (N-methyl/N-ethyl adjacent to an activating group) is 1. The summed E-state index contributed by atoms with van der Waals surface area (Å²) in [6.07, 6.45) is 0.902. The van der Waals surface area contributed by atoms with Crippen LogP contribution in [0.25, 0.3) is 0 Å². The van der Waals surface area contributed by atoms with E-state index < -0.39 is 0 Å². The van der Waals surface area contributed by atoms with Crippen molar-refractivity contribution in [2.45, 2.75) is 25.8 Å². The van der Waals surface area contributed by atoms with Gasteiger partial charge in [-0.2, -0.15) is 0 Å². The highest BCUT2D eigenvalue weighted by molar-refractivity contribution is 5.79. The molecule has 4 heteroatoms. The van der Waals surface area contributed by atoms with Gasteiger partial charge in [-0.15, -0.1) is 0 Å². The molecule has 0 heterocycles. The summed E-state index contributed by atoms with van der Waals surface area (Å²) in [4.78, 5) is 21.6. The number of ketones is 1. The molecule has 0 spiro atoms. The van der Waals surface area contributed by atoms with Gasteiger partial charge in [0.05, 0.1) is 7.11 Å². The van der Waals surface area contributed by atoms with Crippen LogP contribution in [0.4, 0.5) is 0 Å². The second-order valence-electron chi connectivity index (χ2n) is 2.61. The Kier molecular flexibility index (Phi) is 5.28. The van der Waals surface area contributed by atoms with Crippen LogP contribution in [0.3, 0.4) is 0 Å². The average Bonchev–Trinajstić information content (AvgIpc) is 2.04. The molecular weight excluding hydrogens is 158 g/mol. The number of Topliss-reactive ketones (excluding diaryl/α,β-unsaturated/α-hetero) is 1. The number of rotatable bonds is 5. The van der Waals surface area contributed by atoms with E-state index in [1.165, 1.54) is 14.0 Å². The Morgan fingerprint density at radius 3 is 2.42 bits per heavy atom. The Bertz CT molecular complexity index is 168. The molecule has 0 rings (SSSR count). The molecule has 4 nitrogen and oxygen atoms in total. The van der Waals surface area contributed by atoms with Crippen molar-refractivity contribution in [1.82, 2.24) is 5.32 Å². The lowest BCUT2D eigenvalue weighted by Crippen LogP contribution is -2.35. The number of hydrogen-bond donors (Lipinski definition) is 1. The highest BCUT2D eigenvalue weighted by Gasteiger charge is 2.16. The van der Waals surface area contributed by atoms with Gasteiger partial charge < -0.3 is 14.8 Å². The minimum Gasteiger partial charge on any atom is -0.468 e. The Morgan fingerprint density at radius 2 is 2.08 bits per heavy atom. The molecule has 1 N–H and O–H groups in total. The summed E-state index contributed by atoms with van der Waals surface area (Å²) >= 11 is 0. The van der Waals surface area contributed by atoms with E-state index in [4.69, 9.17) is 0 Å². The van der Waals surface area contributed by atoms with Crippen molar-refractivity contribution >= 4 is 11.8 Å². The molecule has 0 saturated heterocycles. The van der Waals surface area contributed by atoms with E-state index in [-0.39, 0.29) is 17.8 Å². The third-order valence-electron chi connectivity index (χ3n) is 1.62. The fourth-order valence-electron chi connectivity index (χ4n) is 0.870. The van der Waals surface area contributed by atoms with Gasteiger partial charge in [0.2, 0.25) is 0 Å². The van der Waals surface area contributed by atoms with Crippen LogP contribution in [-0.4, -0.2) is 32.0 Å². The van der Waals surface area contributed by atoms with Gasteiger partial charge in [0, 0.05) is 6.42 Å². The molecule has 0 aliphatic heterocycles. The fourth-order valence-corrected chi connectivity index (χ4v) is 0.870. The van der Waals surface area contributed by atoms with Crippen molar-refractivity contribution in [1.29, 1.82) is 0 Å². The smallest absolute Gasteiger partial charge is 0.322 e. The zero-order chi connectivity index (χ0) is 9.56. The summed E-state index contributed by atoms with van der Waals surface area (Å²) in [6.45, 7) is 1.50. The Morgan fingerprint density at radius 1 is 1.50 bits per heavy atom. The van der Waals surface area contributed by atoms with E-state index in [0.717, 1.165) is 0 Å². The Hall–Kier alpha value is -0.900. The maximum Gasteiger partial charge on any atom is 0.322 e. The minimum absolute atomic E-state index is 0.0825. The van der Waals surface area contributed by atoms with Gasteiger partial charge in [-0.3, -0.25) is 4.79 Å². The summed E-state index contributed by atoms with van der Waals surface area (Å²) in [5.74, 6) is -0.238. The van der Waals surface area contributed by atoms with Crippen LogP contribution in [0.5, 0.6) is 0 Å². The van der Waals surface area contributed by atoms with Gasteiger partial charge in [-0.05, 0) is 20.4 Å². The first kappa shape index (κ1) is 11.1. The summed E-state index contributed by atoms with van der Waals surface area (Å²) in [5, 5.41) is 2.78. The van der Waals surface area contributed by atoms with Gasteiger partial charge >= 0.3 is 5.97 Å². The molecule has 0 aromatic heterocycles.